The van der Waals surface area contributed by atoms with Crippen LogP contribution in [-0.2, 0) is 28.3 Å². The quantitative estimate of drug-likeness (QED) is 0.441. The molecule has 0 fully saturated rings. The molecule has 0 saturated heterocycles. The first-order valence-electron chi connectivity index (χ1n) is 10.5. The third-order valence-electron chi connectivity index (χ3n) is 6.81. The number of aromatic nitrogens is 2. The molecule has 32 heavy (non-hydrogen) atoms. The molecule has 0 radical (unpaired) electrons. The van der Waals surface area contributed by atoms with Gasteiger partial charge >= 0.3 is 5.97 Å². The van der Waals surface area contributed by atoms with Crippen molar-refractivity contribution in [1.82, 2.24) is 9.55 Å². The number of aliphatic hydroxyl groups is 1. The Hall–Kier alpha value is -3.46. The molecule has 0 saturated carbocycles. The molecule has 6 rings (SSSR count). The Bertz CT molecular complexity index is 1430. The Morgan fingerprint density at radius 2 is 2.09 bits per heavy atom. The van der Waals surface area contributed by atoms with E-state index in [1.807, 2.05) is 6.92 Å². The van der Waals surface area contributed by atoms with Crippen LogP contribution < -0.4 is 15.6 Å². The van der Waals surface area contributed by atoms with Crippen LogP contribution in [0.5, 0.6) is 5.75 Å². The van der Waals surface area contributed by atoms with Crippen molar-refractivity contribution in [3.63, 3.8) is 0 Å². The van der Waals surface area contributed by atoms with Crippen molar-refractivity contribution in [3.8, 4) is 17.1 Å². The molecule has 0 bridgehead atoms. The lowest BCUT2D eigenvalue weighted by atomic mass is 9.86. The van der Waals surface area contributed by atoms with Crippen molar-refractivity contribution in [2.45, 2.75) is 39.0 Å². The largest absolute Gasteiger partial charge is 0.486 e. The van der Waals surface area contributed by atoms with Crippen molar-refractivity contribution in [2.75, 3.05) is 18.5 Å². The standard InChI is InChI=1S/C23H20FN3O5/c1-3-23(30)13-6-16-18-11(8-27(16)21(28)12(13)9-32-22(23)29)10(2)17-15(26-18)7-14(24)20-19(17)25-4-5-31-20/h6-7,25,30H,3-5,8-9H2,1-2H3/t23-/m0/s1. The number of carbonyl (C=O) groups excluding carboxylic acids is 1. The molecule has 3 aliphatic heterocycles. The van der Waals surface area contributed by atoms with Gasteiger partial charge in [-0.15, -0.1) is 0 Å². The predicted molar refractivity (Wildman–Crippen MR) is 113 cm³/mol. The lowest BCUT2D eigenvalue weighted by molar-refractivity contribution is -0.172. The summed E-state index contributed by atoms with van der Waals surface area (Å²) in [7, 11) is 0. The van der Waals surface area contributed by atoms with Crippen molar-refractivity contribution >= 4 is 22.6 Å². The molecule has 1 atom stereocenters. The smallest absolute Gasteiger partial charge is 0.343 e. The van der Waals surface area contributed by atoms with Crippen molar-refractivity contribution in [1.29, 1.82) is 0 Å². The number of fused-ring (bicyclic) bond motifs is 7. The summed E-state index contributed by atoms with van der Waals surface area (Å²) >= 11 is 0. The summed E-state index contributed by atoms with van der Waals surface area (Å²) in [4.78, 5) is 30.3. The number of benzene rings is 1. The summed E-state index contributed by atoms with van der Waals surface area (Å²) in [6.07, 6.45) is 0.0712. The molecular formula is C23H20FN3O5. The molecule has 164 valence electrons. The van der Waals surface area contributed by atoms with Gasteiger partial charge in [-0.05, 0) is 25.0 Å². The summed E-state index contributed by atoms with van der Waals surface area (Å²) in [5.41, 5.74) is 2.08. The van der Waals surface area contributed by atoms with Gasteiger partial charge in [-0.3, -0.25) is 4.79 Å². The fraction of sp³-hybridized carbons (Fsp3) is 0.348. The zero-order chi connectivity index (χ0) is 22.4. The van der Waals surface area contributed by atoms with E-state index in [0.717, 1.165) is 16.5 Å². The number of nitrogens with zero attached hydrogens (tertiary/aromatic N) is 2. The minimum Gasteiger partial charge on any atom is -0.486 e. The van der Waals surface area contributed by atoms with Crippen LogP contribution in [0.3, 0.4) is 0 Å². The zero-order valence-electron chi connectivity index (χ0n) is 17.5. The van der Waals surface area contributed by atoms with E-state index < -0.39 is 17.4 Å². The molecule has 0 amide bonds. The number of cyclic esters (lactones) is 1. The molecule has 3 aliphatic rings. The average Bonchev–Trinajstić information content (AvgIpc) is 3.16. The average molecular weight is 437 g/mol. The van der Waals surface area contributed by atoms with E-state index >= 15 is 0 Å². The van der Waals surface area contributed by atoms with Crippen molar-refractivity contribution in [3.05, 3.63) is 50.6 Å². The van der Waals surface area contributed by atoms with Crippen molar-refractivity contribution < 1.29 is 23.8 Å². The highest BCUT2D eigenvalue weighted by atomic mass is 19.1. The third kappa shape index (κ3) is 2.26. The van der Waals surface area contributed by atoms with Crippen LogP contribution in [0, 0.1) is 12.7 Å². The SMILES string of the molecule is CC[C@@]1(O)C(=O)OCc2c1cc1n(c2=O)Cc2c-1nc1cc(F)c3c(c1c2C)NCCO3. The van der Waals surface area contributed by atoms with Gasteiger partial charge in [0.2, 0.25) is 0 Å². The number of hydrogen-bond acceptors (Lipinski definition) is 7. The van der Waals surface area contributed by atoms with E-state index in [1.54, 1.807) is 17.6 Å². The first-order valence-corrected chi connectivity index (χ1v) is 10.5. The maximum atomic E-state index is 14.7. The number of anilines is 1. The normalized spacial score (nSPS) is 20.6. The number of rotatable bonds is 1. The Balaban J connectivity index is 1.65. The van der Waals surface area contributed by atoms with Gasteiger partial charge in [-0.25, -0.2) is 14.2 Å². The van der Waals surface area contributed by atoms with Crippen LogP contribution in [0.15, 0.2) is 16.9 Å². The van der Waals surface area contributed by atoms with E-state index in [1.165, 1.54) is 6.07 Å². The second kappa shape index (κ2) is 6.29. The highest BCUT2D eigenvalue weighted by Crippen LogP contribution is 2.44. The first-order chi connectivity index (χ1) is 15.3. The van der Waals surface area contributed by atoms with Crippen LogP contribution in [0.1, 0.15) is 35.6 Å². The summed E-state index contributed by atoms with van der Waals surface area (Å²) in [5, 5.41) is 15.0. The topological polar surface area (TPSA) is 103 Å². The van der Waals surface area contributed by atoms with E-state index in [-0.39, 0.29) is 42.0 Å². The number of ether oxygens (including phenoxy) is 2. The minimum atomic E-state index is -1.89. The van der Waals surface area contributed by atoms with Crippen LogP contribution >= 0.6 is 0 Å². The number of aryl methyl sites for hydroxylation is 1. The summed E-state index contributed by atoms with van der Waals surface area (Å²) in [6, 6.07) is 2.99. The Labute approximate surface area is 181 Å². The van der Waals surface area contributed by atoms with Crippen LogP contribution in [-0.4, -0.2) is 33.8 Å². The van der Waals surface area contributed by atoms with Crippen LogP contribution in [0.4, 0.5) is 10.1 Å². The van der Waals surface area contributed by atoms with E-state index in [4.69, 9.17) is 14.5 Å². The Morgan fingerprint density at radius 3 is 2.88 bits per heavy atom. The molecule has 9 heteroatoms. The third-order valence-corrected chi connectivity index (χ3v) is 6.81. The fourth-order valence-electron chi connectivity index (χ4n) is 5.06. The number of hydrogen-bond donors (Lipinski definition) is 2. The lowest BCUT2D eigenvalue weighted by Crippen LogP contribution is -2.44. The summed E-state index contributed by atoms with van der Waals surface area (Å²) in [5.74, 6) is -1.09. The second-order valence-corrected chi connectivity index (χ2v) is 8.40. The van der Waals surface area contributed by atoms with Gasteiger partial charge in [0.15, 0.2) is 17.2 Å². The molecular weight excluding hydrogens is 417 g/mol. The fourth-order valence-corrected chi connectivity index (χ4v) is 5.06. The summed E-state index contributed by atoms with van der Waals surface area (Å²) in [6.45, 7) is 4.62. The minimum absolute atomic E-state index is 0.0712. The Kier molecular flexibility index (Phi) is 3.78. The van der Waals surface area contributed by atoms with E-state index in [0.29, 0.717) is 35.7 Å². The molecule has 8 nitrogen and oxygen atoms in total. The van der Waals surface area contributed by atoms with Gasteiger partial charge in [-0.1, -0.05) is 6.92 Å². The maximum Gasteiger partial charge on any atom is 0.343 e. The van der Waals surface area contributed by atoms with Gasteiger partial charge in [-0.2, -0.15) is 0 Å². The van der Waals surface area contributed by atoms with Crippen LogP contribution in [0.25, 0.3) is 22.3 Å². The summed E-state index contributed by atoms with van der Waals surface area (Å²) < 4.78 is 26.9. The van der Waals surface area contributed by atoms with Gasteiger partial charge < -0.3 is 24.5 Å². The maximum absolute atomic E-state index is 14.7. The number of halogens is 1. The molecule has 0 aliphatic carbocycles. The van der Waals surface area contributed by atoms with Crippen molar-refractivity contribution in [2.24, 2.45) is 0 Å². The number of nitrogens with one attached hydrogen (secondary N) is 1. The molecule has 2 N–H and O–H groups in total. The molecule has 2 aromatic heterocycles. The number of carbonyl (C=O) groups is 1. The highest BCUT2D eigenvalue weighted by Gasteiger charge is 2.45. The number of esters is 1. The van der Waals surface area contributed by atoms with Gasteiger partial charge in [0.25, 0.3) is 5.56 Å². The molecule has 3 aromatic rings. The lowest BCUT2D eigenvalue weighted by Gasteiger charge is -2.31. The van der Waals surface area contributed by atoms with E-state index in [9.17, 15) is 19.1 Å². The van der Waals surface area contributed by atoms with Gasteiger partial charge in [0.05, 0.1) is 34.7 Å². The molecule has 0 unspecified atom stereocenters. The van der Waals surface area contributed by atoms with Gasteiger partial charge in [0, 0.05) is 29.1 Å². The molecule has 5 heterocycles. The predicted octanol–water partition coefficient (Wildman–Crippen LogP) is 2.33. The highest BCUT2D eigenvalue weighted by molar-refractivity contribution is 6.00. The first kappa shape index (κ1) is 19.2. The van der Waals surface area contributed by atoms with E-state index in [2.05, 4.69) is 5.32 Å². The molecule has 1 aromatic carbocycles. The Morgan fingerprint density at radius 1 is 1.28 bits per heavy atom. The monoisotopic (exact) mass is 437 g/mol. The zero-order valence-corrected chi connectivity index (χ0v) is 17.5. The second-order valence-electron chi connectivity index (χ2n) is 8.40. The molecule has 0 spiro atoms. The number of pyridine rings is 2. The van der Waals surface area contributed by atoms with Crippen LogP contribution in [0.2, 0.25) is 0 Å². The van der Waals surface area contributed by atoms with Gasteiger partial charge in [0.1, 0.15) is 13.2 Å².